The van der Waals surface area contributed by atoms with Crippen molar-refractivity contribution in [3.05, 3.63) is 34.3 Å². The molecule has 0 heterocycles. The topological polar surface area (TPSA) is 46.6 Å². The summed E-state index contributed by atoms with van der Waals surface area (Å²) in [6.45, 7) is 2.06. The molecular weight excluding hydrogens is 298 g/mol. The Hall–Kier alpha value is -1.36. The van der Waals surface area contributed by atoms with Gasteiger partial charge in [-0.05, 0) is 18.2 Å². The molecule has 0 saturated heterocycles. The highest BCUT2D eigenvalue weighted by Crippen LogP contribution is 2.13. The number of methoxy groups -OCH3 is 1. The van der Waals surface area contributed by atoms with E-state index in [9.17, 15) is 9.59 Å². The van der Waals surface area contributed by atoms with Crippen LogP contribution in [0.3, 0.4) is 0 Å². The second-order valence-electron chi connectivity index (χ2n) is 4.12. The van der Waals surface area contributed by atoms with Gasteiger partial charge < -0.3 is 9.64 Å². The Labute approximate surface area is 115 Å². The van der Waals surface area contributed by atoms with Crippen LogP contribution in [0.15, 0.2) is 28.7 Å². The molecule has 1 aromatic rings. The van der Waals surface area contributed by atoms with Crippen molar-refractivity contribution in [3.63, 3.8) is 0 Å². The van der Waals surface area contributed by atoms with Crippen molar-refractivity contribution in [3.8, 4) is 0 Å². The van der Waals surface area contributed by atoms with Crippen LogP contribution < -0.4 is 0 Å². The molecule has 0 aliphatic carbocycles. The number of hydrogen-bond acceptors (Lipinski definition) is 3. The van der Waals surface area contributed by atoms with Crippen molar-refractivity contribution in [1.82, 2.24) is 4.90 Å². The number of benzene rings is 1. The van der Waals surface area contributed by atoms with Gasteiger partial charge >= 0.3 is 5.97 Å². The third-order valence-electron chi connectivity index (χ3n) is 2.57. The largest absolute Gasteiger partial charge is 0.469 e. The monoisotopic (exact) mass is 313 g/mol. The number of halogens is 1. The molecule has 0 spiro atoms. The predicted molar refractivity (Wildman–Crippen MR) is 72.3 cm³/mol. The minimum Gasteiger partial charge on any atom is -0.469 e. The summed E-state index contributed by atoms with van der Waals surface area (Å²) in [7, 11) is 3.01. The van der Waals surface area contributed by atoms with Crippen molar-refractivity contribution >= 4 is 27.8 Å². The van der Waals surface area contributed by atoms with Crippen LogP contribution in [0.4, 0.5) is 0 Å². The van der Waals surface area contributed by atoms with Gasteiger partial charge in [0.15, 0.2) is 0 Å². The van der Waals surface area contributed by atoms with Crippen LogP contribution in [0.1, 0.15) is 17.3 Å². The molecule has 18 heavy (non-hydrogen) atoms. The molecule has 98 valence electrons. The van der Waals surface area contributed by atoms with Crippen LogP contribution >= 0.6 is 15.9 Å². The quantitative estimate of drug-likeness (QED) is 0.801. The molecule has 1 atom stereocenters. The zero-order valence-electron chi connectivity index (χ0n) is 10.6. The van der Waals surface area contributed by atoms with Gasteiger partial charge in [-0.2, -0.15) is 0 Å². The molecule has 1 amide bonds. The van der Waals surface area contributed by atoms with Gasteiger partial charge in [0.2, 0.25) is 0 Å². The van der Waals surface area contributed by atoms with E-state index in [1.165, 1.54) is 12.0 Å². The Kier molecular flexibility index (Phi) is 5.34. The van der Waals surface area contributed by atoms with Gasteiger partial charge in [0.25, 0.3) is 5.91 Å². The molecule has 0 radical (unpaired) electrons. The summed E-state index contributed by atoms with van der Waals surface area (Å²) in [6.07, 6.45) is 0. The van der Waals surface area contributed by atoms with Crippen molar-refractivity contribution in [2.75, 3.05) is 20.7 Å². The lowest BCUT2D eigenvalue weighted by molar-refractivity contribution is -0.145. The Morgan fingerprint density at radius 2 is 2.11 bits per heavy atom. The normalized spacial score (nSPS) is 11.8. The van der Waals surface area contributed by atoms with E-state index in [-0.39, 0.29) is 17.8 Å². The highest BCUT2D eigenvalue weighted by Gasteiger charge is 2.19. The van der Waals surface area contributed by atoms with E-state index in [2.05, 4.69) is 20.7 Å². The van der Waals surface area contributed by atoms with Gasteiger partial charge in [0.1, 0.15) is 0 Å². The van der Waals surface area contributed by atoms with E-state index < -0.39 is 0 Å². The number of rotatable bonds is 4. The fraction of sp³-hybridized carbons (Fsp3) is 0.385. The van der Waals surface area contributed by atoms with Gasteiger partial charge in [-0.25, -0.2) is 0 Å². The first-order chi connectivity index (χ1) is 8.45. The molecule has 1 unspecified atom stereocenters. The Morgan fingerprint density at radius 1 is 1.44 bits per heavy atom. The van der Waals surface area contributed by atoms with Crippen LogP contribution in [0.25, 0.3) is 0 Å². The summed E-state index contributed by atoms with van der Waals surface area (Å²) in [6, 6.07) is 7.15. The van der Waals surface area contributed by atoms with Crippen LogP contribution in [-0.2, 0) is 9.53 Å². The molecule has 0 aliphatic heterocycles. The molecular formula is C13H16BrNO3. The van der Waals surface area contributed by atoms with Gasteiger partial charge in [0, 0.05) is 23.6 Å². The predicted octanol–water partition coefficient (Wildman–Crippen LogP) is 2.33. The van der Waals surface area contributed by atoms with Crippen LogP contribution in [0, 0.1) is 5.92 Å². The average Bonchev–Trinajstić information content (AvgIpc) is 2.36. The molecule has 4 nitrogen and oxygen atoms in total. The van der Waals surface area contributed by atoms with Gasteiger partial charge in [-0.1, -0.05) is 28.9 Å². The van der Waals surface area contributed by atoms with E-state index in [1.54, 1.807) is 32.2 Å². The zero-order chi connectivity index (χ0) is 13.7. The molecule has 1 rings (SSSR count). The third-order valence-corrected chi connectivity index (χ3v) is 3.06. The van der Waals surface area contributed by atoms with Crippen LogP contribution in [0.5, 0.6) is 0 Å². The van der Waals surface area contributed by atoms with E-state index in [4.69, 9.17) is 0 Å². The fourth-order valence-corrected chi connectivity index (χ4v) is 2.01. The lowest BCUT2D eigenvalue weighted by atomic mass is 10.1. The number of carbonyl (C=O) groups excluding carboxylic acids is 2. The van der Waals surface area contributed by atoms with Crippen molar-refractivity contribution in [1.29, 1.82) is 0 Å². The summed E-state index contributed by atoms with van der Waals surface area (Å²) in [5, 5.41) is 0. The number of hydrogen-bond donors (Lipinski definition) is 0. The zero-order valence-corrected chi connectivity index (χ0v) is 12.2. The molecule has 0 saturated carbocycles. The summed E-state index contributed by atoms with van der Waals surface area (Å²) in [5.41, 5.74) is 0.587. The Balaban J connectivity index is 2.70. The first-order valence-corrected chi connectivity index (χ1v) is 6.34. The van der Waals surface area contributed by atoms with Gasteiger partial charge in [0.05, 0.1) is 13.0 Å². The Morgan fingerprint density at radius 3 is 2.67 bits per heavy atom. The van der Waals surface area contributed by atoms with Crippen molar-refractivity contribution < 1.29 is 14.3 Å². The maximum atomic E-state index is 12.1. The third kappa shape index (κ3) is 3.84. The minimum absolute atomic E-state index is 0.118. The first kappa shape index (κ1) is 14.7. The van der Waals surface area contributed by atoms with E-state index in [0.29, 0.717) is 12.1 Å². The first-order valence-electron chi connectivity index (χ1n) is 5.54. The molecule has 0 N–H and O–H groups in total. The lowest BCUT2D eigenvalue weighted by Gasteiger charge is -2.20. The fourth-order valence-electron chi connectivity index (χ4n) is 1.61. The van der Waals surface area contributed by atoms with E-state index in [1.807, 2.05) is 6.07 Å². The molecule has 0 fully saturated rings. The number of carbonyl (C=O) groups is 2. The van der Waals surface area contributed by atoms with Crippen LogP contribution in [-0.4, -0.2) is 37.5 Å². The highest BCUT2D eigenvalue weighted by molar-refractivity contribution is 9.10. The summed E-state index contributed by atoms with van der Waals surface area (Å²) < 4.78 is 5.48. The number of nitrogens with zero attached hydrogens (tertiary/aromatic N) is 1. The SMILES string of the molecule is COC(=O)C(C)CN(C)C(=O)c1cccc(Br)c1. The van der Waals surface area contributed by atoms with Gasteiger partial charge in [-0.3, -0.25) is 9.59 Å². The molecule has 0 aromatic heterocycles. The molecule has 0 aliphatic rings. The summed E-state index contributed by atoms with van der Waals surface area (Å²) in [4.78, 5) is 24.9. The number of ether oxygens (including phenoxy) is 1. The smallest absolute Gasteiger partial charge is 0.310 e. The molecule has 0 bridgehead atoms. The summed E-state index contributed by atoms with van der Waals surface area (Å²) in [5.74, 6) is -0.771. The maximum Gasteiger partial charge on any atom is 0.310 e. The molecule has 1 aromatic carbocycles. The average molecular weight is 314 g/mol. The summed E-state index contributed by atoms with van der Waals surface area (Å²) >= 11 is 3.32. The second-order valence-corrected chi connectivity index (χ2v) is 5.04. The minimum atomic E-state index is -0.337. The van der Waals surface area contributed by atoms with Crippen molar-refractivity contribution in [2.24, 2.45) is 5.92 Å². The van der Waals surface area contributed by atoms with Gasteiger partial charge in [-0.15, -0.1) is 0 Å². The maximum absolute atomic E-state index is 12.1. The standard InChI is InChI=1S/C13H16BrNO3/c1-9(13(17)18-3)8-15(2)12(16)10-5-4-6-11(14)7-10/h4-7,9H,8H2,1-3H3. The van der Waals surface area contributed by atoms with E-state index >= 15 is 0 Å². The lowest BCUT2D eigenvalue weighted by Crippen LogP contribution is -2.34. The Bertz CT molecular complexity index is 448. The van der Waals surface area contributed by atoms with Crippen LogP contribution in [0.2, 0.25) is 0 Å². The molecule has 5 heteroatoms. The van der Waals surface area contributed by atoms with E-state index in [0.717, 1.165) is 4.47 Å². The second kappa shape index (κ2) is 6.54. The van der Waals surface area contributed by atoms with Crippen molar-refractivity contribution in [2.45, 2.75) is 6.92 Å². The number of esters is 1. The number of amides is 1. The highest BCUT2D eigenvalue weighted by atomic mass is 79.9.